The Bertz CT molecular complexity index is 1230. The lowest BCUT2D eigenvalue weighted by atomic mass is 9.91. The molecule has 1 aliphatic rings. The van der Waals surface area contributed by atoms with Crippen molar-refractivity contribution in [3.05, 3.63) is 100 Å². The third kappa shape index (κ3) is 3.30. The average Bonchev–Trinajstić information content (AvgIpc) is 3.17. The Labute approximate surface area is 185 Å². The van der Waals surface area contributed by atoms with E-state index in [1.165, 1.54) is 15.8 Å². The molecule has 1 unspecified atom stereocenters. The molecule has 0 bridgehead atoms. The number of nitrogens with zero attached hydrogens (tertiary/aromatic N) is 1. The van der Waals surface area contributed by atoms with Crippen molar-refractivity contribution >= 4 is 40.2 Å². The number of aromatic amines is 1. The lowest BCUT2D eigenvalue weighted by Gasteiger charge is -2.36. The molecule has 1 atom stereocenters. The quantitative estimate of drug-likeness (QED) is 0.384. The fraction of sp³-hybridized carbons (Fsp3) is 0.160. The minimum Gasteiger partial charge on any atom is -0.356 e. The monoisotopic (exact) mass is 432 g/mol. The van der Waals surface area contributed by atoms with Gasteiger partial charge in [-0.2, -0.15) is 0 Å². The number of thioether (sulfide) groups is 1. The maximum absolute atomic E-state index is 13.5. The van der Waals surface area contributed by atoms with Gasteiger partial charge in [0.05, 0.1) is 6.04 Å². The molecule has 5 rings (SSSR count). The first kappa shape index (κ1) is 19.3. The minimum atomic E-state index is -0.163. The Morgan fingerprint density at radius 3 is 2.63 bits per heavy atom. The summed E-state index contributed by atoms with van der Waals surface area (Å²) in [7, 11) is 0. The van der Waals surface area contributed by atoms with Crippen LogP contribution < -0.4 is 0 Å². The molecule has 5 heteroatoms. The molecule has 0 saturated carbocycles. The number of hydrogen-bond donors (Lipinski definition) is 1. The zero-order chi connectivity index (χ0) is 20.7. The summed E-state index contributed by atoms with van der Waals surface area (Å²) in [5, 5.41) is 1.82. The lowest BCUT2D eigenvalue weighted by Crippen LogP contribution is -2.40. The van der Waals surface area contributed by atoms with Gasteiger partial charge in [0, 0.05) is 38.6 Å². The summed E-state index contributed by atoms with van der Waals surface area (Å²) in [6, 6.07) is 23.9. The van der Waals surface area contributed by atoms with E-state index in [9.17, 15) is 4.79 Å². The number of amides is 1. The van der Waals surface area contributed by atoms with Crippen LogP contribution in [0.1, 0.15) is 33.2 Å². The van der Waals surface area contributed by atoms with Crippen LogP contribution in [0.5, 0.6) is 0 Å². The molecule has 1 amide bonds. The number of H-pyrrole nitrogens is 1. The predicted octanol–water partition coefficient (Wildman–Crippen LogP) is 6.33. The van der Waals surface area contributed by atoms with Gasteiger partial charge in [0.2, 0.25) is 0 Å². The van der Waals surface area contributed by atoms with Crippen molar-refractivity contribution in [3.8, 4) is 0 Å². The third-order valence-corrected chi connectivity index (χ3v) is 6.78. The fourth-order valence-corrected chi connectivity index (χ4v) is 4.98. The molecule has 0 fully saturated rings. The fourth-order valence-electron chi connectivity index (χ4n) is 4.38. The second-order valence-electron chi connectivity index (χ2n) is 7.50. The molecule has 1 aromatic heterocycles. The van der Waals surface area contributed by atoms with Gasteiger partial charge >= 0.3 is 0 Å². The van der Waals surface area contributed by atoms with Crippen LogP contribution in [0, 0.1) is 0 Å². The normalized spacial score (nSPS) is 15.9. The molecule has 0 spiro atoms. The first-order valence-corrected chi connectivity index (χ1v) is 11.6. The first-order chi connectivity index (χ1) is 14.7. The second kappa shape index (κ2) is 7.86. The first-order valence-electron chi connectivity index (χ1n) is 9.95. The Balaban J connectivity index is 1.65. The van der Waals surface area contributed by atoms with E-state index in [2.05, 4.69) is 53.7 Å². The number of nitrogens with one attached hydrogen (secondary N) is 1. The number of carbonyl (C=O) groups is 1. The number of rotatable bonds is 3. The highest BCUT2D eigenvalue weighted by Crippen LogP contribution is 2.39. The zero-order valence-electron chi connectivity index (χ0n) is 16.6. The van der Waals surface area contributed by atoms with Crippen LogP contribution in [0.2, 0.25) is 5.02 Å². The standard InChI is InChI=1S/C25H21ClN2OS/c1-30-19-11-9-16(10-12-19)24-23-21(20-7-2-3-8-22(20)27-23)13-14-28(24)25(29)17-5-4-6-18(26)15-17/h2-12,15,24,27H,13-14H2,1H3. The maximum Gasteiger partial charge on any atom is 0.254 e. The number of hydrogen-bond acceptors (Lipinski definition) is 2. The van der Waals surface area contributed by atoms with Crippen LogP contribution in [0.15, 0.2) is 77.7 Å². The number of carbonyl (C=O) groups excluding carboxylic acids is 1. The summed E-state index contributed by atoms with van der Waals surface area (Å²) in [5.41, 5.74) is 5.25. The highest BCUT2D eigenvalue weighted by Gasteiger charge is 2.34. The summed E-state index contributed by atoms with van der Waals surface area (Å²) in [5.74, 6) is 0.000694. The molecule has 0 aliphatic carbocycles. The molecule has 30 heavy (non-hydrogen) atoms. The van der Waals surface area contributed by atoms with Gasteiger partial charge in [-0.3, -0.25) is 4.79 Å². The molecule has 1 aliphatic heterocycles. The molecule has 0 saturated heterocycles. The zero-order valence-corrected chi connectivity index (χ0v) is 18.1. The van der Waals surface area contributed by atoms with E-state index >= 15 is 0 Å². The lowest BCUT2D eigenvalue weighted by molar-refractivity contribution is 0.0692. The van der Waals surface area contributed by atoms with E-state index < -0.39 is 0 Å². The molecule has 2 heterocycles. The number of para-hydroxylation sites is 1. The van der Waals surface area contributed by atoms with Crippen LogP contribution in [0.3, 0.4) is 0 Å². The number of fused-ring (bicyclic) bond motifs is 3. The molecule has 150 valence electrons. The molecular formula is C25H21ClN2OS. The topological polar surface area (TPSA) is 36.1 Å². The second-order valence-corrected chi connectivity index (χ2v) is 8.81. The number of aromatic nitrogens is 1. The van der Waals surface area contributed by atoms with Crippen molar-refractivity contribution in [1.29, 1.82) is 0 Å². The summed E-state index contributed by atoms with van der Waals surface area (Å²) in [4.78, 5) is 20.3. The smallest absolute Gasteiger partial charge is 0.254 e. The van der Waals surface area contributed by atoms with E-state index in [4.69, 9.17) is 11.6 Å². The van der Waals surface area contributed by atoms with E-state index in [0.29, 0.717) is 17.1 Å². The number of benzene rings is 3. The number of halogens is 1. The van der Waals surface area contributed by atoms with Crippen molar-refractivity contribution in [3.63, 3.8) is 0 Å². The Hall–Kier alpha value is -2.69. The van der Waals surface area contributed by atoms with Gasteiger partial charge in [-0.1, -0.05) is 48.0 Å². The minimum absolute atomic E-state index is 0.000694. The highest BCUT2D eigenvalue weighted by molar-refractivity contribution is 7.98. The van der Waals surface area contributed by atoms with Crippen molar-refractivity contribution in [2.24, 2.45) is 0 Å². The molecule has 3 aromatic carbocycles. The average molecular weight is 433 g/mol. The van der Waals surface area contributed by atoms with Crippen LogP contribution in [0.4, 0.5) is 0 Å². The van der Waals surface area contributed by atoms with E-state index in [1.807, 2.05) is 23.1 Å². The van der Waals surface area contributed by atoms with Gasteiger partial charge in [0.25, 0.3) is 5.91 Å². The van der Waals surface area contributed by atoms with Crippen LogP contribution in [-0.4, -0.2) is 28.6 Å². The highest BCUT2D eigenvalue weighted by atomic mass is 35.5. The molecular weight excluding hydrogens is 412 g/mol. The van der Waals surface area contributed by atoms with Gasteiger partial charge in [-0.25, -0.2) is 0 Å². The SMILES string of the molecule is CSc1ccc(C2c3[nH]c4ccccc4c3CCN2C(=O)c2cccc(Cl)c2)cc1. The van der Waals surface area contributed by atoms with Gasteiger partial charge in [-0.15, -0.1) is 11.8 Å². The van der Waals surface area contributed by atoms with Gasteiger partial charge < -0.3 is 9.88 Å². The van der Waals surface area contributed by atoms with E-state index in [-0.39, 0.29) is 11.9 Å². The largest absolute Gasteiger partial charge is 0.356 e. The molecule has 3 nitrogen and oxygen atoms in total. The van der Waals surface area contributed by atoms with Gasteiger partial charge in [-0.05, 0) is 60.2 Å². The van der Waals surface area contributed by atoms with Crippen molar-refractivity contribution in [2.75, 3.05) is 12.8 Å². The Morgan fingerprint density at radius 1 is 1.07 bits per heavy atom. The van der Waals surface area contributed by atoms with Crippen molar-refractivity contribution in [2.45, 2.75) is 17.4 Å². The van der Waals surface area contributed by atoms with Crippen LogP contribution in [-0.2, 0) is 6.42 Å². The third-order valence-electron chi connectivity index (χ3n) is 5.80. The van der Waals surface area contributed by atoms with E-state index in [0.717, 1.165) is 23.2 Å². The Morgan fingerprint density at radius 2 is 1.87 bits per heavy atom. The van der Waals surface area contributed by atoms with Gasteiger partial charge in [0.1, 0.15) is 0 Å². The summed E-state index contributed by atoms with van der Waals surface area (Å²) in [6.07, 6.45) is 2.89. The van der Waals surface area contributed by atoms with Crippen molar-refractivity contribution < 1.29 is 4.79 Å². The predicted molar refractivity (Wildman–Crippen MR) is 125 cm³/mol. The van der Waals surface area contributed by atoms with Gasteiger partial charge in [0.15, 0.2) is 0 Å². The van der Waals surface area contributed by atoms with E-state index in [1.54, 1.807) is 23.9 Å². The van der Waals surface area contributed by atoms with Crippen LogP contribution in [0.25, 0.3) is 10.9 Å². The maximum atomic E-state index is 13.5. The molecule has 0 radical (unpaired) electrons. The summed E-state index contributed by atoms with van der Waals surface area (Å²) in [6.45, 7) is 0.662. The summed E-state index contributed by atoms with van der Waals surface area (Å²) < 4.78 is 0. The van der Waals surface area contributed by atoms with Crippen molar-refractivity contribution in [1.82, 2.24) is 9.88 Å². The Kier molecular flexibility index (Phi) is 5.05. The summed E-state index contributed by atoms with van der Waals surface area (Å²) >= 11 is 7.89. The molecule has 1 N–H and O–H groups in total. The molecule has 4 aromatic rings. The van der Waals surface area contributed by atoms with Crippen LogP contribution >= 0.6 is 23.4 Å².